The first-order valence-corrected chi connectivity index (χ1v) is 4.84. The van der Waals surface area contributed by atoms with E-state index in [0.29, 0.717) is 12.1 Å². The van der Waals surface area contributed by atoms with Crippen molar-refractivity contribution >= 4 is 23.6 Å². The number of rotatable bonds is 3. The summed E-state index contributed by atoms with van der Waals surface area (Å²) in [5.41, 5.74) is 0.410. The van der Waals surface area contributed by atoms with Crippen molar-refractivity contribution in [1.82, 2.24) is 5.32 Å². The van der Waals surface area contributed by atoms with Gasteiger partial charge in [-0.1, -0.05) is 35.9 Å². The molecule has 4 heteroatoms. The number of nitrogens with one attached hydrogen (secondary N) is 1. The van der Waals surface area contributed by atoms with E-state index in [-0.39, 0.29) is 10.9 Å². The summed E-state index contributed by atoms with van der Waals surface area (Å²) >= 11 is 5.60. The molecule has 0 aliphatic carbocycles. The second-order valence-electron chi connectivity index (χ2n) is 2.98. The van der Waals surface area contributed by atoms with Gasteiger partial charge in [0.25, 0.3) is 0 Å². The highest BCUT2D eigenvalue weighted by Gasteiger charge is 2.01. The topological polar surface area (TPSA) is 29.1 Å². The summed E-state index contributed by atoms with van der Waals surface area (Å²) in [6.07, 6.45) is 3.24. The normalized spacial score (nSPS) is 10.6. The first kappa shape index (κ1) is 11.7. The van der Waals surface area contributed by atoms with Crippen molar-refractivity contribution in [2.75, 3.05) is 6.54 Å². The summed E-state index contributed by atoms with van der Waals surface area (Å²) < 4.78 is 13.3. The van der Waals surface area contributed by atoms with E-state index in [1.807, 2.05) is 0 Å². The molecule has 0 saturated heterocycles. The van der Waals surface area contributed by atoms with E-state index in [4.69, 9.17) is 11.6 Å². The van der Waals surface area contributed by atoms with Crippen LogP contribution in [0.1, 0.15) is 12.5 Å². The molecule has 0 fully saturated rings. The van der Waals surface area contributed by atoms with Crippen LogP contribution in [0.4, 0.5) is 4.39 Å². The van der Waals surface area contributed by atoms with Crippen LogP contribution in [0.15, 0.2) is 24.3 Å². The molecule has 0 atom stereocenters. The SMILES string of the molecule is CC(=O)NCC=Cc1cccc(Cl)c1F. The van der Waals surface area contributed by atoms with Gasteiger partial charge in [0, 0.05) is 19.0 Å². The highest BCUT2D eigenvalue weighted by atomic mass is 35.5. The number of hydrogen-bond acceptors (Lipinski definition) is 1. The lowest BCUT2D eigenvalue weighted by atomic mass is 10.2. The number of carbonyl (C=O) groups is 1. The van der Waals surface area contributed by atoms with Crippen molar-refractivity contribution in [3.05, 3.63) is 40.7 Å². The Balaban J connectivity index is 2.64. The second kappa shape index (κ2) is 5.51. The molecule has 0 unspecified atom stereocenters. The quantitative estimate of drug-likeness (QED) is 0.845. The fourth-order valence-electron chi connectivity index (χ4n) is 1.04. The van der Waals surface area contributed by atoms with Gasteiger partial charge in [-0.05, 0) is 6.07 Å². The van der Waals surface area contributed by atoms with Gasteiger partial charge in [0.05, 0.1) is 5.02 Å². The summed E-state index contributed by atoms with van der Waals surface area (Å²) in [5, 5.41) is 2.66. The van der Waals surface area contributed by atoms with E-state index in [9.17, 15) is 9.18 Å². The predicted octanol–water partition coefficient (Wildman–Crippen LogP) is 2.63. The number of benzene rings is 1. The third-order valence-corrected chi connectivity index (χ3v) is 2.04. The molecule has 0 saturated carbocycles. The minimum absolute atomic E-state index is 0.0941. The zero-order chi connectivity index (χ0) is 11.3. The Labute approximate surface area is 92.7 Å². The van der Waals surface area contributed by atoms with Crippen LogP contribution in [0, 0.1) is 5.82 Å². The highest BCUT2D eigenvalue weighted by Crippen LogP contribution is 2.18. The summed E-state index contributed by atoms with van der Waals surface area (Å²) in [6.45, 7) is 1.80. The Morgan fingerprint density at radius 1 is 1.60 bits per heavy atom. The van der Waals surface area contributed by atoms with Gasteiger partial charge in [-0.25, -0.2) is 4.39 Å². The molecule has 80 valence electrons. The Hall–Kier alpha value is -1.35. The number of halogens is 2. The van der Waals surface area contributed by atoms with Gasteiger partial charge in [0.1, 0.15) is 5.82 Å². The molecule has 0 radical (unpaired) electrons. The van der Waals surface area contributed by atoms with Crippen LogP contribution < -0.4 is 5.32 Å². The van der Waals surface area contributed by atoms with Crippen LogP contribution in [0.5, 0.6) is 0 Å². The maximum atomic E-state index is 13.3. The monoisotopic (exact) mass is 227 g/mol. The molecular weight excluding hydrogens is 217 g/mol. The fraction of sp³-hybridized carbons (Fsp3) is 0.182. The van der Waals surface area contributed by atoms with Gasteiger partial charge in [-0.15, -0.1) is 0 Å². The van der Waals surface area contributed by atoms with Crippen LogP contribution in [-0.4, -0.2) is 12.5 Å². The smallest absolute Gasteiger partial charge is 0.217 e. The maximum Gasteiger partial charge on any atom is 0.217 e. The number of amides is 1. The molecule has 1 rings (SSSR count). The van der Waals surface area contributed by atoms with Crippen molar-refractivity contribution in [3.63, 3.8) is 0 Å². The van der Waals surface area contributed by atoms with E-state index < -0.39 is 5.82 Å². The van der Waals surface area contributed by atoms with E-state index in [1.54, 1.807) is 24.3 Å². The van der Waals surface area contributed by atoms with E-state index >= 15 is 0 Å². The van der Waals surface area contributed by atoms with Crippen LogP contribution in [-0.2, 0) is 4.79 Å². The van der Waals surface area contributed by atoms with Crippen LogP contribution >= 0.6 is 11.6 Å². The van der Waals surface area contributed by atoms with E-state index in [1.165, 1.54) is 13.0 Å². The maximum absolute atomic E-state index is 13.3. The number of carbonyl (C=O) groups excluding carboxylic acids is 1. The predicted molar refractivity (Wildman–Crippen MR) is 59.1 cm³/mol. The molecule has 0 heterocycles. The van der Waals surface area contributed by atoms with Gasteiger partial charge in [-0.3, -0.25) is 4.79 Å². The molecule has 0 spiro atoms. The van der Waals surface area contributed by atoms with Crippen molar-refractivity contribution in [3.8, 4) is 0 Å². The Morgan fingerprint density at radius 3 is 3.00 bits per heavy atom. The Kier molecular flexibility index (Phi) is 4.31. The molecule has 1 amide bonds. The highest BCUT2D eigenvalue weighted by molar-refractivity contribution is 6.30. The van der Waals surface area contributed by atoms with Gasteiger partial charge < -0.3 is 5.32 Å². The van der Waals surface area contributed by atoms with Crippen molar-refractivity contribution < 1.29 is 9.18 Å². The zero-order valence-electron chi connectivity index (χ0n) is 8.26. The minimum Gasteiger partial charge on any atom is -0.353 e. The molecule has 1 aromatic rings. The van der Waals surface area contributed by atoms with Gasteiger partial charge >= 0.3 is 0 Å². The van der Waals surface area contributed by atoms with E-state index in [0.717, 1.165) is 0 Å². The number of hydrogen-bond donors (Lipinski definition) is 1. The average Bonchev–Trinajstić information content (AvgIpc) is 2.18. The lowest BCUT2D eigenvalue weighted by molar-refractivity contribution is -0.118. The van der Waals surface area contributed by atoms with Gasteiger partial charge in [-0.2, -0.15) is 0 Å². The zero-order valence-corrected chi connectivity index (χ0v) is 9.01. The van der Waals surface area contributed by atoms with Crippen LogP contribution in [0.25, 0.3) is 6.08 Å². The van der Waals surface area contributed by atoms with Gasteiger partial charge in [0.15, 0.2) is 0 Å². The van der Waals surface area contributed by atoms with Crippen LogP contribution in [0.2, 0.25) is 5.02 Å². The van der Waals surface area contributed by atoms with Crippen LogP contribution in [0.3, 0.4) is 0 Å². The summed E-state index contributed by atoms with van der Waals surface area (Å²) in [5.74, 6) is -0.565. The lowest BCUT2D eigenvalue weighted by Crippen LogP contribution is -2.19. The summed E-state index contributed by atoms with van der Waals surface area (Å²) in [7, 11) is 0. The van der Waals surface area contributed by atoms with Crippen molar-refractivity contribution in [2.24, 2.45) is 0 Å². The van der Waals surface area contributed by atoms with Crippen molar-refractivity contribution in [2.45, 2.75) is 6.92 Å². The standard InChI is InChI=1S/C11H11ClFNO/c1-8(15)14-7-3-5-9-4-2-6-10(12)11(9)13/h2-6H,7H2,1H3,(H,14,15). The molecule has 2 nitrogen and oxygen atoms in total. The van der Waals surface area contributed by atoms with E-state index in [2.05, 4.69) is 5.32 Å². The molecule has 0 aromatic heterocycles. The third-order valence-electron chi connectivity index (χ3n) is 1.75. The third kappa shape index (κ3) is 3.72. The largest absolute Gasteiger partial charge is 0.353 e. The first-order valence-electron chi connectivity index (χ1n) is 4.46. The molecular formula is C11H11ClFNO. The first-order chi connectivity index (χ1) is 7.11. The molecule has 0 aliphatic heterocycles. The lowest BCUT2D eigenvalue weighted by Gasteiger charge is -1.99. The fourth-order valence-corrected chi connectivity index (χ4v) is 1.22. The Morgan fingerprint density at radius 2 is 2.33 bits per heavy atom. The second-order valence-corrected chi connectivity index (χ2v) is 3.39. The molecule has 1 aromatic carbocycles. The molecule has 1 N–H and O–H groups in total. The molecule has 0 aliphatic rings. The minimum atomic E-state index is -0.446. The summed E-state index contributed by atoms with van der Waals surface area (Å²) in [4.78, 5) is 10.5. The van der Waals surface area contributed by atoms with Gasteiger partial charge in [0.2, 0.25) is 5.91 Å². The average molecular weight is 228 g/mol. The molecule has 15 heavy (non-hydrogen) atoms. The Bertz CT molecular complexity index is 390. The van der Waals surface area contributed by atoms with Crippen molar-refractivity contribution in [1.29, 1.82) is 0 Å². The summed E-state index contributed by atoms with van der Waals surface area (Å²) in [6, 6.07) is 4.77. The molecule has 0 bridgehead atoms.